The van der Waals surface area contributed by atoms with E-state index in [1.807, 2.05) is 0 Å². The Morgan fingerprint density at radius 2 is 1.54 bits per heavy atom. The molecule has 0 fully saturated rings. The highest BCUT2D eigenvalue weighted by Gasteiger charge is 1.88. The Bertz CT molecular complexity index is 63.9. The van der Waals surface area contributed by atoms with E-state index < -0.39 is 0 Å². The molecule has 0 rings (SSSR count). The number of rotatable bonds is 8. The molecule has 0 aliphatic rings. The third-order valence-electron chi connectivity index (χ3n) is 1.82. The van der Waals surface area contributed by atoms with Gasteiger partial charge in [-0.2, -0.15) is 0 Å². The van der Waals surface area contributed by atoms with E-state index in [0.29, 0.717) is 0 Å². The molecule has 0 atom stereocenters. The van der Waals surface area contributed by atoms with E-state index in [2.05, 4.69) is 23.9 Å². The molecule has 13 heavy (non-hydrogen) atoms. The third-order valence-corrected chi connectivity index (χ3v) is 1.82. The minimum Gasteiger partial charge on any atom is -0.381 e. The monoisotopic (exact) mass is 191 g/mol. The zero-order valence-corrected chi connectivity index (χ0v) is 8.76. The predicted octanol–water partition coefficient (Wildman–Crippen LogP) is 0.705. The van der Waals surface area contributed by atoms with Crippen LogP contribution in [0.4, 0.5) is 0 Å². The Labute approximate surface area is 81.7 Å². The molecule has 0 heterocycles. The lowest BCUT2D eigenvalue weighted by Crippen LogP contribution is -2.15. The summed E-state index contributed by atoms with van der Waals surface area (Å²) in [6, 6.07) is 0. The van der Waals surface area contributed by atoms with Crippen molar-refractivity contribution in [3.63, 3.8) is 0 Å². The normalized spacial score (nSPS) is 9.23. The highest BCUT2D eigenvalue weighted by atomic mass is 16.3. The molecule has 6 N–H and O–H groups in total. The first-order chi connectivity index (χ1) is 6.41. The van der Waals surface area contributed by atoms with Gasteiger partial charge in [-0.05, 0) is 13.0 Å². The van der Waals surface area contributed by atoms with Crippen LogP contribution in [0.3, 0.4) is 0 Å². The van der Waals surface area contributed by atoms with Crippen LogP contribution in [0.1, 0.15) is 45.4 Å². The fourth-order valence-corrected chi connectivity index (χ4v) is 1.11. The minimum atomic E-state index is 0.120. The van der Waals surface area contributed by atoms with Crippen molar-refractivity contribution < 1.29 is 5.11 Å². The second kappa shape index (κ2) is 17.8. The average molecular weight is 191 g/mol. The van der Waals surface area contributed by atoms with Crippen LogP contribution in [0.5, 0.6) is 0 Å². The Balaban J connectivity index is 0. The fraction of sp³-hybridized carbons (Fsp3) is 1.00. The highest BCUT2D eigenvalue weighted by Crippen LogP contribution is 2.03. The first-order valence-corrected chi connectivity index (χ1v) is 5.06. The lowest BCUT2D eigenvalue weighted by atomic mass is 10.1. The summed E-state index contributed by atoms with van der Waals surface area (Å²) in [5.74, 6) is 8.00. The Kier molecular flexibility index (Phi) is 21.0. The predicted molar refractivity (Wildman–Crippen MR) is 56.8 cm³/mol. The van der Waals surface area contributed by atoms with E-state index in [1.54, 1.807) is 0 Å². The van der Waals surface area contributed by atoms with Gasteiger partial charge in [0.15, 0.2) is 0 Å². The summed E-state index contributed by atoms with van der Waals surface area (Å²) in [5, 5.41) is 11.3. The zero-order valence-electron chi connectivity index (χ0n) is 8.76. The van der Waals surface area contributed by atoms with E-state index in [-0.39, 0.29) is 6.73 Å². The number of nitrogens with two attached hydrogens (primary N) is 2. The Morgan fingerprint density at radius 1 is 1.00 bits per heavy atom. The van der Waals surface area contributed by atoms with Gasteiger partial charge in [-0.15, -0.1) is 0 Å². The van der Waals surface area contributed by atoms with Crippen molar-refractivity contribution in [2.24, 2.45) is 11.7 Å². The molecule has 0 aliphatic heterocycles. The molecule has 0 aliphatic carbocycles. The van der Waals surface area contributed by atoms with Gasteiger partial charge in [-0.3, -0.25) is 17.0 Å². The standard InChI is InChI=1S/C9H21NO.H4N2/c1-2-3-4-5-6-7-8-10-9-11;1-2/h10-11H,2-9H2,1H3;1-2H2. The molecule has 0 radical (unpaired) electrons. The molecule has 0 bridgehead atoms. The van der Waals surface area contributed by atoms with Crippen LogP contribution in [0, 0.1) is 0 Å². The molecule has 82 valence electrons. The fourth-order valence-electron chi connectivity index (χ4n) is 1.11. The smallest absolute Gasteiger partial charge is 0.0931 e. The van der Waals surface area contributed by atoms with Crippen LogP contribution in [0.25, 0.3) is 0 Å². The molecule has 0 spiro atoms. The van der Waals surface area contributed by atoms with Gasteiger partial charge in [0.05, 0.1) is 6.73 Å². The van der Waals surface area contributed by atoms with E-state index in [9.17, 15) is 0 Å². The van der Waals surface area contributed by atoms with Crippen LogP contribution in [-0.4, -0.2) is 18.4 Å². The minimum absolute atomic E-state index is 0.120. The van der Waals surface area contributed by atoms with Crippen molar-refractivity contribution >= 4 is 0 Å². The van der Waals surface area contributed by atoms with Crippen molar-refractivity contribution in [2.75, 3.05) is 13.3 Å². The van der Waals surface area contributed by atoms with Gasteiger partial charge in [0.2, 0.25) is 0 Å². The van der Waals surface area contributed by atoms with E-state index >= 15 is 0 Å². The lowest BCUT2D eigenvalue weighted by Gasteiger charge is -2.00. The molecule has 0 saturated heterocycles. The maximum absolute atomic E-state index is 8.40. The highest BCUT2D eigenvalue weighted by molar-refractivity contribution is 4.45. The molecular weight excluding hydrogens is 166 g/mol. The largest absolute Gasteiger partial charge is 0.381 e. The second-order valence-electron chi connectivity index (χ2n) is 2.93. The summed E-state index contributed by atoms with van der Waals surface area (Å²) in [5.41, 5.74) is 0. The van der Waals surface area contributed by atoms with Gasteiger partial charge in [-0.25, -0.2) is 0 Å². The van der Waals surface area contributed by atoms with Gasteiger partial charge in [0.25, 0.3) is 0 Å². The maximum atomic E-state index is 8.40. The number of aliphatic hydroxyl groups excluding tert-OH is 1. The van der Waals surface area contributed by atoms with Crippen LogP contribution in [-0.2, 0) is 0 Å². The van der Waals surface area contributed by atoms with E-state index in [0.717, 1.165) is 6.54 Å². The van der Waals surface area contributed by atoms with Crippen molar-refractivity contribution in [1.29, 1.82) is 0 Å². The van der Waals surface area contributed by atoms with Gasteiger partial charge in [-0.1, -0.05) is 39.0 Å². The topological polar surface area (TPSA) is 84.3 Å². The molecular formula is C9H25N3O. The number of nitrogens with one attached hydrogen (secondary N) is 1. The third kappa shape index (κ3) is 18.7. The molecule has 4 heteroatoms. The van der Waals surface area contributed by atoms with E-state index in [4.69, 9.17) is 5.11 Å². The van der Waals surface area contributed by atoms with Crippen LogP contribution < -0.4 is 17.0 Å². The summed E-state index contributed by atoms with van der Waals surface area (Å²) in [4.78, 5) is 0. The molecule has 0 aromatic heterocycles. The lowest BCUT2D eigenvalue weighted by molar-refractivity contribution is 0.260. The van der Waals surface area contributed by atoms with Crippen molar-refractivity contribution in [2.45, 2.75) is 45.4 Å². The van der Waals surface area contributed by atoms with E-state index in [1.165, 1.54) is 38.5 Å². The molecule has 0 unspecified atom stereocenters. The molecule has 0 amide bonds. The van der Waals surface area contributed by atoms with Gasteiger partial charge in [0.1, 0.15) is 0 Å². The van der Waals surface area contributed by atoms with Gasteiger partial charge >= 0.3 is 0 Å². The number of unbranched alkanes of at least 4 members (excludes halogenated alkanes) is 5. The van der Waals surface area contributed by atoms with Crippen LogP contribution in [0.15, 0.2) is 0 Å². The Hall–Kier alpha value is -0.160. The van der Waals surface area contributed by atoms with Gasteiger partial charge in [0, 0.05) is 0 Å². The van der Waals surface area contributed by atoms with Crippen LogP contribution in [0.2, 0.25) is 0 Å². The first kappa shape index (κ1) is 15.3. The number of hydrogen-bond donors (Lipinski definition) is 4. The van der Waals surface area contributed by atoms with Crippen molar-refractivity contribution in [3.8, 4) is 0 Å². The molecule has 0 aromatic carbocycles. The maximum Gasteiger partial charge on any atom is 0.0931 e. The average Bonchev–Trinajstić information content (AvgIpc) is 2.20. The zero-order chi connectivity index (χ0) is 10.4. The number of hydrogen-bond acceptors (Lipinski definition) is 4. The molecule has 0 aromatic rings. The van der Waals surface area contributed by atoms with Gasteiger partial charge < -0.3 is 5.11 Å². The SMILES string of the molecule is CCCCCCCCNCO.NN. The van der Waals surface area contributed by atoms with Crippen molar-refractivity contribution in [1.82, 2.24) is 5.32 Å². The summed E-state index contributed by atoms with van der Waals surface area (Å²) >= 11 is 0. The summed E-state index contributed by atoms with van der Waals surface area (Å²) in [6.45, 7) is 3.31. The van der Waals surface area contributed by atoms with Crippen molar-refractivity contribution in [3.05, 3.63) is 0 Å². The number of aliphatic hydroxyl groups is 1. The first-order valence-electron chi connectivity index (χ1n) is 5.06. The Morgan fingerprint density at radius 3 is 2.08 bits per heavy atom. The molecule has 0 saturated carbocycles. The van der Waals surface area contributed by atoms with Crippen LogP contribution >= 0.6 is 0 Å². The molecule has 4 nitrogen and oxygen atoms in total. The number of hydrazine groups is 1. The summed E-state index contributed by atoms with van der Waals surface area (Å²) in [6.07, 6.45) is 7.90. The quantitative estimate of drug-likeness (QED) is 0.197. The second-order valence-corrected chi connectivity index (χ2v) is 2.93. The summed E-state index contributed by atoms with van der Waals surface area (Å²) in [7, 11) is 0. The summed E-state index contributed by atoms with van der Waals surface area (Å²) < 4.78 is 0.